The van der Waals surface area contributed by atoms with E-state index in [0.717, 1.165) is 35.3 Å². The normalized spacial score (nSPS) is 11.0. The molecule has 0 aliphatic heterocycles. The van der Waals surface area contributed by atoms with Gasteiger partial charge in [0.15, 0.2) is 5.96 Å². The number of hydrogen-bond acceptors (Lipinski definition) is 6. The van der Waals surface area contributed by atoms with Crippen molar-refractivity contribution in [2.45, 2.75) is 27.2 Å². The molecule has 0 fully saturated rings. The first-order chi connectivity index (χ1) is 12.1. The molecule has 1 amide bonds. The van der Waals surface area contributed by atoms with Crippen LogP contribution in [0.15, 0.2) is 15.9 Å². The summed E-state index contributed by atoms with van der Waals surface area (Å²) in [6, 6.07) is 0. The summed E-state index contributed by atoms with van der Waals surface area (Å²) in [6.45, 7) is 8.44. The molecule has 0 atom stereocenters. The SMILES string of the molecule is CCNC(=NCCc1csc(C)n1)NCCNC(=O)c1scnc1C.I. The molecular weight excluding hydrogens is 483 g/mol. The van der Waals surface area contributed by atoms with Gasteiger partial charge in [-0.05, 0) is 20.8 Å². The quantitative estimate of drug-likeness (QED) is 0.221. The summed E-state index contributed by atoms with van der Waals surface area (Å²) in [6.07, 6.45) is 0.822. The Kier molecular flexibility index (Phi) is 10.7. The standard InChI is InChI=1S/C16H24N6OS2.HI/c1-4-17-16(19-6-5-13-9-24-12(3)22-13)20-8-7-18-15(23)14-11(2)21-10-25-14;/h9-10H,4-8H2,1-3H3,(H,18,23)(H2,17,19,20);1H. The van der Waals surface area contributed by atoms with Crippen LogP contribution in [-0.2, 0) is 6.42 Å². The van der Waals surface area contributed by atoms with E-state index < -0.39 is 0 Å². The van der Waals surface area contributed by atoms with Gasteiger partial charge in [-0.25, -0.2) is 9.97 Å². The minimum Gasteiger partial charge on any atom is -0.357 e. The van der Waals surface area contributed by atoms with E-state index in [1.54, 1.807) is 16.8 Å². The van der Waals surface area contributed by atoms with Crippen LogP contribution in [0.25, 0.3) is 0 Å². The summed E-state index contributed by atoms with van der Waals surface area (Å²) in [7, 11) is 0. The molecule has 2 aromatic heterocycles. The number of carbonyl (C=O) groups excluding carboxylic acids is 1. The highest BCUT2D eigenvalue weighted by Gasteiger charge is 2.10. The van der Waals surface area contributed by atoms with Gasteiger partial charge in [0, 0.05) is 38.0 Å². The largest absolute Gasteiger partial charge is 0.357 e. The molecule has 0 bridgehead atoms. The number of nitrogens with one attached hydrogen (secondary N) is 3. The van der Waals surface area contributed by atoms with Gasteiger partial charge in [0.1, 0.15) is 4.88 Å². The summed E-state index contributed by atoms with van der Waals surface area (Å²) in [5, 5.41) is 12.5. The monoisotopic (exact) mass is 508 g/mol. The highest BCUT2D eigenvalue weighted by Crippen LogP contribution is 2.11. The molecule has 0 saturated carbocycles. The zero-order valence-electron chi connectivity index (χ0n) is 15.2. The van der Waals surface area contributed by atoms with Gasteiger partial charge >= 0.3 is 0 Å². The van der Waals surface area contributed by atoms with Crippen LogP contribution in [-0.4, -0.2) is 48.0 Å². The van der Waals surface area contributed by atoms with Crippen molar-refractivity contribution in [1.82, 2.24) is 25.9 Å². The molecule has 2 heterocycles. The second-order valence-corrected chi connectivity index (χ2v) is 7.24. The van der Waals surface area contributed by atoms with Crippen molar-refractivity contribution < 1.29 is 4.79 Å². The Balaban J connectivity index is 0.00000338. The number of nitrogens with zero attached hydrogens (tertiary/aromatic N) is 3. The van der Waals surface area contributed by atoms with Crippen LogP contribution in [0.4, 0.5) is 0 Å². The van der Waals surface area contributed by atoms with Crippen molar-refractivity contribution in [2.24, 2.45) is 4.99 Å². The molecule has 2 aromatic rings. The van der Waals surface area contributed by atoms with Crippen molar-refractivity contribution in [2.75, 3.05) is 26.2 Å². The third kappa shape index (κ3) is 7.54. The Hall–Kier alpha value is -1.27. The molecule has 0 unspecified atom stereocenters. The lowest BCUT2D eigenvalue weighted by Crippen LogP contribution is -2.41. The highest BCUT2D eigenvalue weighted by molar-refractivity contribution is 14.0. The third-order valence-electron chi connectivity index (χ3n) is 3.30. The maximum Gasteiger partial charge on any atom is 0.263 e. The summed E-state index contributed by atoms with van der Waals surface area (Å²) in [4.78, 5) is 25.7. The number of thiazole rings is 2. The predicted molar refractivity (Wildman–Crippen MR) is 119 cm³/mol. The molecular formula is C16H25IN6OS2. The van der Waals surface area contributed by atoms with Crippen LogP contribution in [0.5, 0.6) is 0 Å². The zero-order chi connectivity index (χ0) is 18.1. The minimum atomic E-state index is -0.0809. The van der Waals surface area contributed by atoms with Crippen molar-refractivity contribution >= 4 is 58.5 Å². The average Bonchev–Trinajstić information content (AvgIpc) is 3.19. The Morgan fingerprint density at radius 2 is 1.96 bits per heavy atom. The van der Waals surface area contributed by atoms with Gasteiger partial charge in [0.25, 0.3) is 5.91 Å². The van der Waals surface area contributed by atoms with E-state index in [-0.39, 0.29) is 29.9 Å². The first-order valence-corrected chi connectivity index (χ1v) is 9.97. The Labute approximate surface area is 179 Å². The minimum absolute atomic E-state index is 0. The molecule has 7 nitrogen and oxygen atoms in total. The molecule has 0 spiro atoms. The van der Waals surface area contributed by atoms with E-state index >= 15 is 0 Å². The first kappa shape index (κ1) is 22.8. The van der Waals surface area contributed by atoms with Crippen molar-refractivity contribution in [3.05, 3.63) is 32.2 Å². The van der Waals surface area contributed by atoms with Gasteiger partial charge in [-0.2, -0.15) is 0 Å². The van der Waals surface area contributed by atoms with E-state index in [4.69, 9.17) is 0 Å². The Morgan fingerprint density at radius 1 is 1.19 bits per heavy atom. The van der Waals surface area contributed by atoms with Crippen LogP contribution in [0.1, 0.15) is 33.0 Å². The van der Waals surface area contributed by atoms with Crippen LogP contribution in [0, 0.1) is 13.8 Å². The van der Waals surface area contributed by atoms with Gasteiger partial charge in [-0.1, -0.05) is 0 Å². The number of aliphatic imine (C=N–C) groups is 1. The summed E-state index contributed by atoms with van der Waals surface area (Å²) in [5.41, 5.74) is 3.53. The van der Waals surface area contributed by atoms with Crippen molar-refractivity contribution in [1.29, 1.82) is 0 Å². The van der Waals surface area contributed by atoms with Crippen LogP contribution in [0.2, 0.25) is 0 Å². The molecule has 144 valence electrons. The lowest BCUT2D eigenvalue weighted by molar-refractivity contribution is 0.0957. The summed E-state index contributed by atoms with van der Waals surface area (Å²) >= 11 is 3.01. The third-order valence-corrected chi connectivity index (χ3v) is 5.05. The fourth-order valence-electron chi connectivity index (χ4n) is 2.10. The second kappa shape index (κ2) is 12.2. The summed E-state index contributed by atoms with van der Waals surface area (Å²) in [5.74, 6) is 0.667. The topological polar surface area (TPSA) is 91.3 Å². The number of rotatable bonds is 8. The molecule has 3 N–H and O–H groups in total. The van der Waals surface area contributed by atoms with E-state index in [2.05, 4.69) is 36.3 Å². The molecule has 0 radical (unpaired) electrons. The lowest BCUT2D eigenvalue weighted by atomic mass is 10.3. The fourth-order valence-corrected chi connectivity index (χ4v) is 3.47. The van der Waals surface area contributed by atoms with Gasteiger partial charge < -0.3 is 16.0 Å². The maximum absolute atomic E-state index is 12.0. The van der Waals surface area contributed by atoms with Gasteiger partial charge in [0.05, 0.1) is 21.9 Å². The van der Waals surface area contributed by atoms with Crippen molar-refractivity contribution in [3.63, 3.8) is 0 Å². The van der Waals surface area contributed by atoms with Gasteiger partial charge in [0.2, 0.25) is 0 Å². The van der Waals surface area contributed by atoms with Crippen LogP contribution >= 0.6 is 46.7 Å². The van der Waals surface area contributed by atoms with Gasteiger partial charge in [-0.3, -0.25) is 9.79 Å². The van der Waals surface area contributed by atoms with E-state index in [1.807, 2.05) is 20.8 Å². The average molecular weight is 508 g/mol. The number of aromatic nitrogens is 2. The number of amides is 1. The highest BCUT2D eigenvalue weighted by atomic mass is 127. The molecule has 2 rings (SSSR count). The number of aryl methyl sites for hydroxylation is 2. The van der Waals surface area contributed by atoms with Crippen molar-refractivity contribution in [3.8, 4) is 0 Å². The lowest BCUT2D eigenvalue weighted by Gasteiger charge is -2.11. The maximum atomic E-state index is 12.0. The molecule has 0 aliphatic carbocycles. The second-order valence-electron chi connectivity index (χ2n) is 5.32. The van der Waals surface area contributed by atoms with E-state index in [0.29, 0.717) is 24.5 Å². The van der Waals surface area contributed by atoms with Gasteiger partial charge in [-0.15, -0.1) is 46.7 Å². The molecule has 0 aromatic carbocycles. The predicted octanol–water partition coefficient (Wildman–Crippen LogP) is 2.36. The molecule has 10 heteroatoms. The Bertz CT molecular complexity index is 715. The number of hydrogen-bond donors (Lipinski definition) is 3. The van der Waals surface area contributed by atoms with Crippen LogP contribution < -0.4 is 16.0 Å². The number of guanidine groups is 1. The smallest absolute Gasteiger partial charge is 0.263 e. The van der Waals surface area contributed by atoms with E-state index in [9.17, 15) is 4.79 Å². The number of halogens is 1. The molecule has 0 aliphatic rings. The first-order valence-electron chi connectivity index (χ1n) is 8.21. The number of carbonyl (C=O) groups is 1. The summed E-state index contributed by atoms with van der Waals surface area (Å²) < 4.78 is 0. The molecule has 26 heavy (non-hydrogen) atoms. The molecule has 0 saturated heterocycles. The Morgan fingerprint density at radius 3 is 2.58 bits per heavy atom. The van der Waals surface area contributed by atoms with Crippen LogP contribution in [0.3, 0.4) is 0 Å². The zero-order valence-corrected chi connectivity index (χ0v) is 19.1. The van der Waals surface area contributed by atoms with E-state index in [1.165, 1.54) is 11.3 Å². The fraction of sp³-hybridized carbons (Fsp3) is 0.500.